The molecule has 0 radical (unpaired) electrons. The fourth-order valence-corrected chi connectivity index (χ4v) is 5.59. The van der Waals surface area contributed by atoms with Gasteiger partial charge >= 0.3 is 0 Å². The molecule has 40 heavy (non-hydrogen) atoms. The first-order valence-electron chi connectivity index (χ1n) is 13.2. The maximum absolute atomic E-state index is 5.13. The van der Waals surface area contributed by atoms with Gasteiger partial charge in [0.2, 0.25) is 0 Å². The number of benzene rings is 6. The standard InChI is InChI=1S/C35H21N5/c1-2-5-22(6-3-1)30-19-31(40-35(39-30)27-13-11-26(12-14-27)34-37-20-36-21-38-34)28-17-15-25-10-9-23-7-4-8-24-16-18-29(28)33(25)32(23)24/h1-21H. The lowest BCUT2D eigenvalue weighted by molar-refractivity contribution is 1.06. The lowest BCUT2D eigenvalue weighted by atomic mass is 9.91. The van der Waals surface area contributed by atoms with Crippen LogP contribution in [0.15, 0.2) is 128 Å². The number of aromatic nitrogens is 5. The number of nitrogens with zero attached hydrogens (tertiary/aromatic N) is 5. The van der Waals surface area contributed by atoms with Crippen molar-refractivity contribution in [2.75, 3.05) is 0 Å². The van der Waals surface area contributed by atoms with E-state index in [1.165, 1.54) is 45.0 Å². The zero-order valence-electron chi connectivity index (χ0n) is 21.4. The molecule has 2 heterocycles. The summed E-state index contributed by atoms with van der Waals surface area (Å²) in [6, 6.07) is 40.2. The molecule has 8 rings (SSSR count). The fraction of sp³-hybridized carbons (Fsp3) is 0. The molecule has 5 nitrogen and oxygen atoms in total. The molecule has 8 aromatic rings. The van der Waals surface area contributed by atoms with Crippen LogP contribution in [0.2, 0.25) is 0 Å². The Morgan fingerprint density at radius 2 is 1.05 bits per heavy atom. The van der Waals surface area contributed by atoms with Gasteiger partial charge < -0.3 is 0 Å². The van der Waals surface area contributed by atoms with Crippen molar-refractivity contribution in [2.45, 2.75) is 0 Å². The van der Waals surface area contributed by atoms with Crippen molar-refractivity contribution >= 4 is 32.3 Å². The molecule has 0 aliphatic heterocycles. The van der Waals surface area contributed by atoms with Crippen molar-refractivity contribution in [3.63, 3.8) is 0 Å². The quantitative estimate of drug-likeness (QED) is 0.223. The van der Waals surface area contributed by atoms with Crippen molar-refractivity contribution in [1.82, 2.24) is 24.9 Å². The zero-order chi connectivity index (χ0) is 26.5. The normalized spacial score (nSPS) is 11.5. The van der Waals surface area contributed by atoms with Gasteiger partial charge in [-0.2, -0.15) is 0 Å². The molecule has 5 heteroatoms. The van der Waals surface area contributed by atoms with Gasteiger partial charge in [-0.05, 0) is 38.4 Å². The molecule has 0 bridgehead atoms. The van der Waals surface area contributed by atoms with Gasteiger partial charge in [-0.25, -0.2) is 24.9 Å². The Kier molecular flexibility index (Phi) is 5.07. The van der Waals surface area contributed by atoms with Crippen LogP contribution in [0.25, 0.3) is 77.6 Å². The summed E-state index contributed by atoms with van der Waals surface area (Å²) < 4.78 is 0. The molecule has 0 aliphatic rings. The third-order valence-corrected chi connectivity index (χ3v) is 7.49. The number of hydrogen-bond donors (Lipinski definition) is 0. The number of hydrogen-bond acceptors (Lipinski definition) is 5. The molecular weight excluding hydrogens is 490 g/mol. The van der Waals surface area contributed by atoms with E-state index in [4.69, 9.17) is 9.97 Å². The predicted molar refractivity (Wildman–Crippen MR) is 161 cm³/mol. The van der Waals surface area contributed by atoms with Crippen LogP contribution in [0, 0.1) is 0 Å². The summed E-state index contributed by atoms with van der Waals surface area (Å²) in [4.78, 5) is 22.6. The van der Waals surface area contributed by atoms with Crippen LogP contribution in [0.3, 0.4) is 0 Å². The minimum absolute atomic E-state index is 0.634. The molecule has 0 aliphatic carbocycles. The van der Waals surface area contributed by atoms with Crippen LogP contribution in [0.1, 0.15) is 0 Å². The van der Waals surface area contributed by atoms with Crippen LogP contribution in [-0.2, 0) is 0 Å². The molecule has 2 aromatic heterocycles. The Morgan fingerprint density at radius 3 is 1.80 bits per heavy atom. The average Bonchev–Trinajstić information content (AvgIpc) is 3.04. The highest BCUT2D eigenvalue weighted by atomic mass is 15.0. The van der Waals surface area contributed by atoms with Crippen LogP contribution >= 0.6 is 0 Å². The molecule has 0 amide bonds. The van der Waals surface area contributed by atoms with E-state index in [-0.39, 0.29) is 0 Å². The average molecular weight is 512 g/mol. The first-order valence-corrected chi connectivity index (χ1v) is 13.2. The van der Waals surface area contributed by atoms with Gasteiger partial charge in [0.1, 0.15) is 12.7 Å². The van der Waals surface area contributed by atoms with Gasteiger partial charge in [0.25, 0.3) is 0 Å². The molecule has 0 N–H and O–H groups in total. The minimum Gasteiger partial charge on any atom is -0.228 e. The topological polar surface area (TPSA) is 64.5 Å². The number of rotatable bonds is 4. The first kappa shape index (κ1) is 22.4. The summed E-state index contributed by atoms with van der Waals surface area (Å²) in [6.45, 7) is 0. The Morgan fingerprint density at radius 1 is 0.425 bits per heavy atom. The Labute approximate surface area is 230 Å². The van der Waals surface area contributed by atoms with Crippen molar-refractivity contribution < 1.29 is 0 Å². The fourth-order valence-electron chi connectivity index (χ4n) is 5.59. The highest BCUT2D eigenvalue weighted by molar-refractivity contribution is 6.25. The minimum atomic E-state index is 0.634. The summed E-state index contributed by atoms with van der Waals surface area (Å²) in [5, 5.41) is 7.49. The summed E-state index contributed by atoms with van der Waals surface area (Å²) in [5.74, 6) is 1.30. The SMILES string of the molecule is c1ccc(-c2cc(-c3ccc4ccc5cccc6ccc3c4c56)nc(-c3ccc(-c4ncncn4)cc3)n2)cc1. The van der Waals surface area contributed by atoms with E-state index in [1.54, 1.807) is 0 Å². The van der Waals surface area contributed by atoms with Gasteiger partial charge in [0, 0.05) is 22.3 Å². The van der Waals surface area contributed by atoms with Crippen LogP contribution in [-0.4, -0.2) is 24.9 Å². The summed E-state index contributed by atoms with van der Waals surface area (Å²) in [7, 11) is 0. The van der Waals surface area contributed by atoms with Crippen LogP contribution < -0.4 is 0 Å². The van der Waals surface area contributed by atoms with Crippen LogP contribution in [0.4, 0.5) is 0 Å². The Balaban J connectivity index is 1.34. The largest absolute Gasteiger partial charge is 0.228 e. The Bertz CT molecular complexity index is 2120. The van der Waals surface area contributed by atoms with E-state index in [9.17, 15) is 0 Å². The molecule has 0 fully saturated rings. The molecule has 0 saturated carbocycles. The maximum Gasteiger partial charge on any atom is 0.162 e. The molecule has 186 valence electrons. The van der Waals surface area contributed by atoms with E-state index in [0.29, 0.717) is 11.6 Å². The van der Waals surface area contributed by atoms with E-state index < -0.39 is 0 Å². The molecule has 6 aromatic carbocycles. The monoisotopic (exact) mass is 511 g/mol. The van der Waals surface area contributed by atoms with Gasteiger partial charge in [0.15, 0.2) is 11.6 Å². The molecule has 0 spiro atoms. The Hall–Kier alpha value is -5.55. The maximum atomic E-state index is 5.13. The van der Waals surface area contributed by atoms with Gasteiger partial charge in [-0.3, -0.25) is 0 Å². The van der Waals surface area contributed by atoms with E-state index in [2.05, 4.69) is 87.7 Å². The lowest BCUT2D eigenvalue weighted by Gasteiger charge is -2.15. The zero-order valence-corrected chi connectivity index (χ0v) is 21.4. The first-order chi connectivity index (χ1) is 19.8. The van der Waals surface area contributed by atoms with E-state index >= 15 is 0 Å². The van der Waals surface area contributed by atoms with Gasteiger partial charge in [0.05, 0.1) is 11.4 Å². The summed E-state index contributed by atoms with van der Waals surface area (Å²) >= 11 is 0. The van der Waals surface area contributed by atoms with E-state index in [1.807, 2.05) is 42.5 Å². The van der Waals surface area contributed by atoms with Crippen LogP contribution in [0.5, 0.6) is 0 Å². The highest BCUT2D eigenvalue weighted by Crippen LogP contribution is 2.39. The third-order valence-electron chi connectivity index (χ3n) is 7.49. The van der Waals surface area contributed by atoms with Crippen molar-refractivity contribution in [2.24, 2.45) is 0 Å². The lowest BCUT2D eigenvalue weighted by Crippen LogP contribution is -1.97. The second-order valence-electron chi connectivity index (χ2n) is 9.84. The summed E-state index contributed by atoms with van der Waals surface area (Å²) in [5.41, 5.74) is 5.75. The smallest absolute Gasteiger partial charge is 0.162 e. The second-order valence-corrected chi connectivity index (χ2v) is 9.84. The summed E-state index contributed by atoms with van der Waals surface area (Å²) in [6.07, 6.45) is 3.01. The predicted octanol–water partition coefficient (Wildman–Crippen LogP) is 8.23. The van der Waals surface area contributed by atoms with Crippen molar-refractivity contribution in [1.29, 1.82) is 0 Å². The molecule has 0 unspecified atom stereocenters. The van der Waals surface area contributed by atoms with Gasteiger partial charge in [-0.15, -0.1) is 0 Å². The van der Waals surface area contributed by atoms with Crippen molar-refractivity contribution in [3.8, 4) is 45.3 Å². The van der Waals surface area contributed by atoms with E-state index in [0.717, 1.165) is 33.6 Å². The second kappa shape index (κ2) is 9.03. The molecular formula is C35H21N5. The molecule has 0 atom stereocenters. The van der Waals surface area contributed by atoms with Gasteiger partial charge in [-0.1, -0.05) is 109 Å². The highest BCUT2D eigenvalue weighted by Gasteiger charge is 2.16. The van der Waals surface area contributed by atoms with Crippen molar-refractivity contribution in [3.05, 3.63) is 128 Å². The third kappa shape index (κ3) is 3.68. The molecule has 0 saturated heterocycles.